The third kappa shape index (κ3) is 5.38. The van der Waals surface area contributed by atoms with E-state index in [1.54, 1.807) is 17.2 Å². The van der Waals surface area contributed by atoms with Crippen LogP contribution in [-0.2, 0) is 14.6 Å². The zero-order valence-electron chi connectivity index (χ0n) is 25.0. The molecule has 1 saturated carbocycles. The van der Waals surface area contributed by atoms with E-state index in [0.29, 0.717) is 36.6 Å². The van der Waals surface area contributed by atoms with Crippen LogP contribution in [0.25, 0.3) is 10.8 Å². The number of rotatable bonds is 8. The van der Waals surface area contributed by atoms with E-state index >= 15 is 0 Å². The number of benzene rings is 1. The number of pyridine rings is 1. The van der Waals surface area contributed by atoms with Gasteiger partial charge in [0.2, 0.25) is 5.95 Å². The number of sulfone groups is 1. The highest BCUT2D eigenvalue weighted by atomic mass is 32.2. The van der Waals surface area contributed by atoms with Crippen molar-refractivity contribution in [2.75, 3.05) is 53.8 Å². The molecule has 2 aromatic heterocycles. The van der Waals surface area contributed by atoms with E-state index in [1.165, 1.54) is 11.8 Å². The predicted molar refractivity (Wildman–Crippen MR) is 152 cm³/mol. The Labute approximate surface area is 232 Å². The number of fused-ring (bicyclic) bond motifs is 1. The molecule has 1 aliphatic carbocycles. The van der Waals surface area contributed by atoms with Crippen molar-refractivity contribution in [3.63, 3.8) is 0 Å². The van der Waals surface area contributed by atoms with Crippen LogP contribution in [0.1, 0.15) is 41.8 Å². The second kappa shape index (κ2) is 10.2. The first-order chi connectivity index (χ1) is 19.8. The van der Waals surface area contributed by atoms with E-state index in [-0.39, 0.29) is 30.7 Å². The third-order valence-corrected chi connectivity index (χ3v) is 9.21. The monoisotopic (exact) mass is 557 g/mol. The smallest absolute Gasteiger partial charge is 0.227 e. The standard InChI is InChI=1S/C28H35FN6O3S/c1-17-19(16-39(3,36)37)14-35(17)24-7-6-20(18-4-5-18)21-12-27(31-13-22(21)24)32-26-8-10-30-28(33-26)34-11-9-25(38-2)23(29)15-34/h6-8,10,12-13,17-19,23,25H,4-5,9,11,14-16H2,1-3H3,(H,30,31,32,33)/t17-,19-,23-,25+/m1/s1/i2D3. The number of methoxy groups -OCH3 is 1. The fourth-order valence-corrected chi connectivity index (χ4v) is 6.96. The number of aromatic nitrogens is 3. The van der Waals surface area contributed by atoms with Crippen LogP contribution >= 0.6 is 0 Å². The van der Waals surface area contributed by atoms with E-state index < -0.39 is 29.2 Å². The molecule has 1 N–H and O–H groups in total. The second-order valence-corrected chi connectivity index (χ2v) is 13.3. The van der Waals surface area contributed by atoms with Gasteiger partial charge in [-0.2, -0.15) is 4.98 Å². The highest BCUT2D eigenvalue weighted by Gasteiger charge is 2.38. The first kappa shape index (κ1) is 22.7. The molecule has 1 aromatic carbocycles. The molecule has 39 heavy (non-hydrogen) atoms. The van der Waals surface area contributed by atoms with Gasteiger partial charge in [-0.25, -0.2) is 22.8 Å². The van der Waals surface area contributed by atoms with Crippen molar-refractivity contribution in [2.45, 2.75) is 50.4 Å². The van der Waals surface area contributed by atoms with Gasteiger partial charge in [0.15, 0.2) is 0 Å². The van der Waals surface area contributed by atoms with Crippen LogP contribution in [0.4, 0.5) is 27.7 Å². The fraction of sp³-hybridized carbons (Fsp3) is 0.536. The van der Waals surface area contributed by atoms with Gasteiger partial charge in [-0.3, -0.25) is 0 Å². The van der Waals surface area contributed by atoms with Crippen LogP contribution in [0.2, 0.25) is 0 Å². The lowest BCUT2D eigenvalue weighted by Gasteiger charge is -2.48. The molecule has 0 amide bonds. The number of halogens is 1. The maximum absolute atomic E-state index is 14.7. The highest BCUT2D eigenvalue weighted by Crippen LogP contribution is 2.46. The Bertz CT molecular complexity index is 1590. The first-order valence-corrected chi connectivity index (χ1v) is 15.4. The molecule has 6 rings (SSSR count). The Balaban J connectivity index is 1.21. The molecule has 0 unspecified atom stereocenters. The summed E-state index contributed by atoms with van der Waals surface area (Å²) in [6.45, 7) is 3.07. The molecule has 4 heterocycles. The Morgan fingerprint density at radius 2 is 2.00 bits per heavy atom. The van der Waals surface area contributed by atoms with Crippen LogP contribution in [0.3, 0.4) is 0 Å². The van der Waals surface area contributed by atoms with Crippen molar-refractivity contribution in [1.82, 2.24) is 15.0 Å². The molecular formula is C28H35FN6O3S. The first-order valence-electron chi connectivity index (χ1n) is 14.9. The van der Waals surface area contributed by atoms with Gasteiger partial charge in [0, 0.05) is 61.8 Å². The lowest BCUT2D eigenvalue weighted by atomic mass is 9.89. The number of alkyl halides is 1. The molecule has 3 fully saturated rings. The fourth-order valence-electron chi connectivity index (χ4n) is 5.80. The number of hydrogen-bond acceptors (Lipinski definition) is 9. The van der Waals surface area contributed by atoms with Gasteiger partial charge in [-0.05, 0) is 61.3 Å². The van der Waals surface area contributed by atoms with Crippen molar-refractivity contribution in [3.05, 3.63) is 42.2 Å². The molecule has 0 spiro atoms. The van der Waals surface area contributed by atoms with Gasteiger partial charge in [-0.15, -0.1) is 0 Å². The summed E-state index contributed by atoms with van der Waals surface area (Å²) in [7, 11) is -5.68. The van der Waals surface area contributed by atoms with E-state index in [0.717, 1.165) is 29.3 Å². The Hall–Kier alpha value is -3.05. The number of nitrogens with zero attached hydrogens (tertiary/aromatic N) is 5. The molecule has 9 nitrogen and oxygen atoms in total. The average molecular weight is 558 g/mol. The molecular weight excluding hydrogens is 519 g/mol. The van der Waals surface area contributed by atoms with E-state index in [1.807, 2.05) is 12.3 Å². The quantitative estimate of drug-likeness (QED) is 0.439. The average Bonchev–Trinajstić information content (AvgIpc) is 3.76. The molecule has 3 aliphatic rings. The van der Waals surface area contributed by atoms with Crippen LogP contribution in [-0.4, -0.2) is 80.4 Å². The second-order valence-electron chi connectivity index (χ2n) is 11.1. The zero-order chi connectivity index (χ0) is 29.8. The molecule has 0 radical (unpaired) electrons. The lowest BCUT2D eigenvalue weighted by molar-refractivity contribution is 0.0194. The maximum Gasteiger partial charge on any atom is 0.227 e. The summed E-state index contributed by atoms with van der Waals surface area (Å²) in [5.74, 6) is 2.27. The van der Waals surface area contributed by atoms with Crippen LogP contribution in [0.15, 0.2) is 36.7 Å². The van der Waals surface area contributed by atoms with E-state index in [2.05, 4.69) is 44.2 Å². The molecule has 11 heteroatoms. The number of nitrogens with one attached hydrogen (secondary N) is 1. The summed E-state index contributed by atoms with van der Waals surface area (Å²) < 4.78 is 65.1. The van der Waals surface area contributed by atoms with Gasteiger partial charge >= 0.3 is 0 Å². The number of ether oxygens (including phenoxy) is 1. The normalized spacial score (nSPS) is 27.0. The molecule has 0 bridgehead atoms. The minimum Gasteiger partial charge on any atom is -0.378 e. The van der Waals surface area contributed by atoms with Crippen molar-refractivity contribution in [3.8, 4) is 0 Å². The Kier molecular flexibility index (Phi) is 5.93. The van der Waals surface area contributed by atoms with Gasteiger partial charge in [0.05, 0.1) is 22.5 Å². The number of anilines is 4. The molecule has 2 saturated heterocycles. The summed E-state index contributed by atoms with van der Waals surface area (Å²) in [6.07, 6.45) is 4.78. The molecule has 4 atom stereocenters. The predicted octanol–water partition coefficient (Wildman–Crippen LogP) is 4.08. The maximum atomic E-state index is 14.7. The van der Waals surface area contributed by atoms with Gasteiger partial charge in [0.25, 0.3) is 0 Å². The van der Waals surface area contributed by atoms with Crippen LogP contribution in [0, 0.1) is 5.92 Å². The van der Waals surface area contributed by atoms with Crippen molar-refractivity contribution < 1.29 is 21.7 Å². The summed E-state index contributed by atoms with van der Waals surface area (Å²) in [6, 6.07) is 8.18. The minimum absolute atomic E-state index is 0.0636. The molecule has 208 valence electrons. The van der Waals surface area contributed by atoms with Crippen LogP contribution < -0.4 is 15.1 Å². The van der Waals surface area contributed by atoms with Gasteiger partial charge in [0.1, 0.15) is 27.6 Å². The lowest BCUT2D eigenvalue weighted by Crippen LogP contribution is -2.57. The van der Waals surface area contributed by atoms with Crippen molar-refractivity contribution >= 4 is 43.9 Å². The molecule has 2 aliphatic heterocycles. The number of piperidine rings is 1. The minimum atomic E-state index is -3.04. The van der Waals surface area contributed by atoms with E-state index in [9.17, 15) is 12.8 Å². The summed E-state index contributed by atoms with van der Waals surface area (Å²) >= 11 is 0. The molecule has 3 aromatic rings. The van der Waals surface area contributed by atoms with Crippen molar-refractivity contribution in [2.24, 2.45) is 5.92 Å². The van der Waals surface area contributed by atoms with Crippen molar-refractivity contribution in [1.29, 1.82) is 0 Å². The van der Waals surface area contributed by atoms with Gasteiger partial charge < -0.3 is 19.9 Å². The summed E-state index contributed by atoms with van der Waals surface area (Å²) in [4.78, 5) is 17.5. The Morgan fingerprint density at radius 1 is 1.15 bits per heavy atom. The largest absolute Gasteiger partial charge is 0.378 e. The summed E-state index contributed by atoms with van der Waals surface area (Å²) in [5.41, 5.74) is 2.33. The van der Waals surface area contributed by atoms with Crippen LogP contribution in [0.5, 0.6) is 0 Å². The Morgan fingerprint density at radius 3 is 2.72 bits per heavy atom. The topological polar surface area (TPSA) is 101 Å². The highest BCUT2D eigenvalue weighted by molar-refractivity contribution is 7.90. The number of hydrogen-bond donors (Lipinski definition) is 1. The van der Waals surface area contributed by atoms with E-state index in [4.69, 9.17) is 8.85 Å². The third-order valence-electron chi connectivity index (χ3n) is 8.18. The summed E-state index contributed by atoms with van der Waals surface area (Å²) in [5, 5.41) is 5.41. The SMILES string of the molecule is [2H]C([2H])([2H])O[C@H]1CCN(c2nccc(Nc3cc4c(C5CC5)ccc(N5C[C@H](CS(C)(=O)=O)[C@H]5C)c4cn3)n2)C[C@H]1F. The van der Waals surface area contributed by atoms with Gasteiger partial charge in [-0.1, -0.05) is 6.07 Å². The zero-order valence-corrected chi connectivity index (χ0v) is 22.9.